The fourth-order valence-corrected chi connectivity index (χ4v) is 3.05. The monoisotopic (exact) mass is 356 g/mol. The maximum Gasteiger partial charge on any atom is 0.231 e. The summed E-state index contributed by atoms with van der Waals surface area (Å²) in [6, 6.07) is 8.33. The first-order chi connectivity index (χ1) is 12.7. The number of fused-ring (bicyclic) bond motifs is 2. The van der Waals surface area contributed by atoms with Crippen LogP contribution in [0.15, 0.2) is 39.5 Å². The van der Waals surface area contributed by atoms with Crippen molar-refractivity contribution in [2.45, 2.75) is 0 Å². The first-order valence-corrected chi connectivity index (χ1v) is 7.83. The van der Waals surface area contributed by atoms with Crippen molar-refractivity contribution in [2.24, 2.45) is 0 Å². The van der Waals surface area contributed by atoms with Gasteiger partial charge in [-0.2, -0.15) is 0 Å². The molecule has 2 heterocycles. The summed E-state index contributed by atoms with van der Waals surface area (Å²) in [6.07, 6.45) is 0. The maximum atomic E-state index is 12.8. The van der Waals surface area contributed by atoms with E-state index in [4.69, 9.17) is 28.1 Å². The zero-order valence-electron chi connectivity index (χ0n) is 14.5. The number of hydrogen-bond acceptors (Lipinski definition) is 7. The van der Waals surface area contributed by atoms with E-state index in [0.717, 1.165) is 0 Å². The molecule has 7 nitrogen and oxygen atoms in total. The standard InChI is InChI=1S/C19H16O7/c1-21-11-5-4-6-12(22-2)17(11)13-7-10(20)16-14(26-13)8-15-18(19(16)23-3)25-9-24-15/h4-8H,9H2,1-3H3. The Labute approximate surface area is 148 Å². The third-order valence-electron chi connectivity index (χ3n) is 4.19. The second-order valence-corrected chi connectivity index (χ2v) is 5.53. The Kier molecular flexibility index (Phi) is 3.84. The van der Waals surface area contributed by atoms with E-state index >= 15 is 0 Å². The summed E-state index contributed by atoms with van der Waals surface area (Å²) in [5.74, 6) is 2.52. The number of rotatable bonds is 4. The van der Waals surface area contributed by atoms with Crippen molar-refractivity contribution in [1.29, 1.82) is 0 Å². The lowest BCUT2D eigenvalue weighted by molar-refractivity contribution is 0.171. The van der Waals surface area contributed by atoms with Crippen LogP contribution in [0.3, 0.4) is 0 Å². The van der Waals surface area contributed by atoms with Crippen molar-refractivity contribution in [1.82, 2.24) is 0 Å². The molecule has 1 aromatic heterocycles. The first kappa shape index (κ1) is 16.1. The lowest BCUT2D eigenvalue weighted by atomic mass is 10.1. The molecule has 0 aliphatic carbocycles. The van der Waals surface area contributed by atoms with E-state index in [1.807, 2.05) is 0 Å². The Morgan fingerprint density at radius 3 is 2.35 bits per heavy atom. The van der Waals surface area contributed by atoms with Crippen molar-refractivity contribution in [3.63, 3.8) is 0 Å². The molecule has 0 radical (unpaired) electrons. The van der Waals surface area contributed by atoms with Gasteiger partial charge in [-0.25, -0.2) is 0 Å². The fraction of sp³-hybridized carbons (Fsp3) is 0.211. The summed E-state index contributed by atoms with van der Waals surface area (Å²) >= 11 is 0. The Morgan fingerprint density at radius 1 is 0.962 bits per heavy atom. The lowest BCUT2D eigenvalue weighted by Crippen LogP contribution is -2.04. The fourth-order valence-electron chi connectivity index (χ4n) is 3.05. The lowest BCUT2D eigenvalue weighted by Gasteiger charge is -2.13. The minimum Gasteiger partial charge on any atom is -0.496 e. The largest absolute Gasteiger partial charge is 0.496 e. The summed E-state index contributed by atoms with van der Waals surface area (Å²) in [6.45, 7) is 0.0589. The molecule has 0 saturated heterocycles. The average molecular weight is 356 g/mol. The molecule has 2 aromatic carbocycles. The third-order valence-corrected chi connectivity index (χ3v) is 4.19. The van der Waals surface area contributed by atoms with Crippen molar-refractivity contribution in [3.05, 3.63) is 40.6 Å². The molecular formula is C19H16O7. The summed E-state index contributed by atoms with van der Waals surface area (Å²) in [4.78, 5) is 12.8. The van der Waals surface area contributed by atoms with Gasteiger partial charge in [-0.1, -0.05) is 6.07 Å². The van der Waals surface area contributed by atoms with Crippen molar-refractivity contribution >= 4 is 11.0 Å². The summed E-state index contributed by atoms with van der Waals surface area (Å²) < 4.78 is 33.0. The van der Waals surface area contributed by atoms with Gasteiger partial charge in [0.25, 0.3) is 0 Å². The van der Waals surface area contributed by atoms with Gasteiger partial charge >= 0.3 is 0 Å². The van der Waals surface area contributed by atoms with Crippen LogP contribution >= 0.6 is 0 Å². The molecule has 0 N–H and O–H groups in total. The van der Waals surface area contributed by atoms with Crippen molar-refractivity contribution in [3.8, 4) is 40.1 Å². The van der Waals surface area contributed by atoms with Crippen LogP contribution in [0.1, 0.15) is 0 Å². The van der Waals surface area contributed by atoms with Crippen LogP contribution in [0.4, 0.5) is 0 Å². The highest BCUT2D eigenvalue weighted by Crippen LogP contribution is 2.46. The highest BCUT2D eigenvalue weighted by Gasteiger charge is 2.26. The Morgan fingerprint density at radius 2 is 1.69 bits per heavy atom. The normalized spacial score (nSPS) is 12.3. The van der Waals surface area contributed by atoms with Gasteiger partial charge in [0.05, 0.1) is 21.3 Å². The average Bonchev–Trinajstić information content (AvgIpc) is 3.13. The quantitative estimate of drug-likeness (QED) is 0.710. The van der Waals surface area contributed by atoms with E-state index in [1.165, 1.54) is 13.2 Å². The van der Waals surface area contributed by atoms with E-state index in [-0.39, 0.29) is 17.6 Å². The molecule has 134 valence electrons. The van der Waals surface area contributed by atoms with Gasteiger partial charge in [-0.3, -0.25) is 4.79 Å². The highest BCUT2D eigenvalue weighted by atomic mass is 16.7. The maximum absolute atomic E-state index is 12.8. The Bertz CT molecular complexity index is 1030. The van der Waals surface area contributed by atoms with Crippen LogP contribution in [0.5, 0.6) is 28.7 Å². The smallest absolute Gasteiger partial charge is 0.231 e. The molecule has 0 fully saturated rings. The Balaban J connectivity index is 2.04. The van der Waals surface area contributed by atoms with E-state index in [9.17, 15) is 4.79 Å². The van der Waals surface area contributed by atoms with Crippen LogP contribution in [-0.2, 0) is 0 Å². The molecule has 1 aliphatic rings. The van der Waals surface area contributed by atoms with Crippen LogP contribution < -0.4 is 29.1 Å². The van der Waals surface area contributed by atoms with E-state index in [2.05, 4.69) is 0 Å². The summed E-state index contributed by atoms with van der Waals surface area (Å²) in [7, 11) is 4.55. The van der Waals surface area contributed by atoms with Crippen LogP contribution in [0.2, 0.25) is 0 Å². The predicted octanol–water partition coefficient (Wildman–Crippen LogP) is 3.21. The highest BCUT2D eigenvalue weighted by molar-refractivity contribution is 5.91. The molecule has 3 aromatic rings. The first-order valence-electron chi connectivity index (χ1n) is 7.83. The van der Waals surface area contributed by atoms with Gasteiger partial charge in [-0.15, -0.1) is 0 Å². The molecule has 0 amide bonds. The van der Waals surface area contributed by atoms with Gasteiger partial charge in [-0.05, 0) is 12.1 Å². The SMILES string of the molecule is COc1cccc(OC)c1-c1cc(=O)c2c(OC)c3c(cc2o1)OCO3. The third kappa shape index (κ3) is 2.32. The zero-order chi connectivity index (χ0) is 18.3. The molecule has 0 atom stereocenters. The summed E-state index contributed by atoms with van der Waals surface area (Å²) in [5, 5.41) is 0.286. The molecule has 0 unspecified atom stereocenters. The summed E-state index contributed by atoms with van der Waals surface area (Å²) in [5.41, 5.74) is 0.596. The van der Waals surface area contributed by atoms with Gasteiger partial charge in [0, 0.05) is 12.1 Å². The topological polar surface area (TPSA) is 76.4 Å². The van der Waals surface area contributed by atoms with Crippen molar-refractivity contribution in [2.75, 3.05) is 28.1 Å². The molecule has 4 rings (SSSR count). The molecular weight excluding hydrogens is 340 g/mol. The van der Waals surface area contributed by atoms with Crippen LogP contribution in [0, 0.1) is 0 Å². The van der Waals surface area contributed by atoms with Crippen LogP contribution in [-0.4, -0.2) is 28.1 Å². The molecule has 26 heavy (non-hydrogen) atoms. The number of hydrogen-bond donors (Lipinski definition) is 0. The van der Waals surface area contributed by atoms with E-state index in [1.54, 1.807) is 38.5 Å². The second kappa shape index (κ2) is 6.18. The van der Waals surface area contributed by atoms with Gasteiger partial charge < -0.3 is 28.1 Å². The molecule has 7 heteroatoms. The molecule has 0 bridgehead atoms. The zero-order valence-corrected chi connectivity index (χ0v) is 14.5. The minimum absolute atomic E-state index is 0.0589. The van der Waals surface area contributed by atoms with Gasteiger partial charge in [0.1, 0.15) is 33.8 Å². The van der Waals surface area contributed by atoms with Crippen LogP contribution in [0.25, 0.3) is 22.3 Å². The molecule has 1 aliphatic heterocycles. The molecule has 0 spiro atoms. The van der Waals surface area contributed by atoms with E-state index < -0.39 is 0 Å². The minimum atomic E-state index is -0.274. The predicted molar refractivity (Wildman–Crippen MR) is 93.7 cm³/mol. The van der Waals surface area contributed by atoms with Crippen molar-refractivity contribution < 1.29 is 28.1 Å². The number of ether oxygens (including phenoxy) is 5. The number of methoxy groups -OCH3 is 3. The number of benzene rings is 2. The molecule has 0 saturated carbocycles. The van der Waals surface area contributed by atoms with E-state index in [0.29, 0.717) is 45.7 Å². The van der Waals surface area contributed by atoms with Gasteiger partial charge in [0.2, 0.25) is 12.5 Å². The second-order valence-electron chi connectivity index (χ2n) is 5.53. The van der Waals surface area contributed by atoms with Gasteiger partial charge in [0.15, 0.2) is 16.9 Å². The Hall–Kier alpha value is -3.35.